The van der Waals surface area contributed by atoms with E-state index in [4.69, 9.17) is 5.73 Å². The van der Waals surface area contributed by atoms with Gasteiger partial charge in [0, 0.05) is 6.42 Å². The smallest absolute Gasteiger partial charge is 0.149 e. The van der Waals surface area contributed by atoms with Gasteiger partial charge in [-0.2, -0.15) is 0 Å². The van der Waals surface area contributed by atoms with Gasteiger partial charge in [-0.3, -0.25) is 4.79 Å². The third-order valence-electron chi connectivity index (χ3n) is 1.10. The maximum atomic E-state index is 10.7. The average Bonchev–Trinajstić information content (AvgIpc) is 1.82. The molecule has 2 nitrogen and oxygen atoms in total. The molecule has 0 saturated carbocycles. The number of ketones is 1. The van der Waals surface area contributed by atoms with Gasteiger partial charge in [0.15, 0.2) is 0 Å². The number of hydrogen-bond acceptors (Lipinski definition) is 2. The predicted molar refractivity (Wildman–Crippen MR) is 38.1 cm³/mol. The molecular weight excluding hydrogens is 114 g/mol. The highest BCUT2D eigenvalue weighted by molar-refractivity contribution is 5.83. The lowest BCUT2D eigenvalue weighted by Crippen LogP contribution is -2.26. The highest BCUT2D eigenvalue weighted by Crippen LogP contribution is 1.93. The molecule has 1 atom stereocenters. The number of carbonyl (C=O) groups is 1. The standard InChI is InChI=1S/C7H13NO/c1-3-4-5-7(9)6(2)8/h3,6H,1,4-5,8H2,2H3. The highest BCUT2D eigenvalue weighted by Gasteiger charge is 2.04. The Morgan fingerprint density at radius 2 is 2.44 bits per heavy atom. The van der Waals surface area contributed by atoms with Gasteiger partial charge < -0.3 is 5.73 Å². The summed E-state index contributed by atoms with van der Waals surface area (Å²) in [5.41, 5.74) is 5.29. The van der Waals surface area contributed by atoms with Crippen LogP contribution >= 0.6 is 0 Å². The van der Waals surface area contributed by atoms with E-state index in [1.54, 1.807) is 13.0 Å². The van der Waals surface area contributed by atoms with Gasteiger partial charge in [-0.05, 0) is 13.3 Å². The first-order chi connectivity index (χ1) is 4.18. The summed E-state index contributed by atoms with van der Waals surface area (Å²) in [4.78, 5) is 10.7. The van der Waals surface area contributed by atoms with Gasteiger partial charge in [-0.25, -0.2) is 0 Å². The predicted octanol–water partition coefficient (Wildman–Crippen LogP) is 0.869. The second-order valence-electron chi connectivity index (χ2n) is 2.08. The van der Waals surface area contributed by atoms with Gasteiger partial charge >= 0.3 is 0 Å². The molecule has 0 aliphatic rings. The number of allylic oxidation sites excluding steroid dienone is 1. The minimum absolute atomic E-state index is 0.106. The van der Waals surface area contributed by atoms with Gasteiger partial charge in [0.25, 0.3) is 0 Å². The van der Waals surface area contributed by atoms with Crippen LogP contribution < -0.4 is 5.73 Å². The number of Topliss-reactive ketones (excluding diaryl/α,β-unsaturated/α-hetero) is 1. The quantitative estimate of drug-likeness (QED) is 0.569. The van der Waals surface area contributed by atoms with Crippen LogP contribution in [0.1, 0.15) is 19.8 Å². The van der Waals surface area contributed by atoms with Crippen LogP contribution in [-0.4, -0.2) is 11.8 Å². The number of nitrogens with two attached hydrogens (primary N) is 1. The second-order valence-corrected chi connectivity index (χ2v) is 2.08. The Labute approximate surface area is 55.7 Å². The van der Waals surface area contributed by atoms with Gasteiger partial charge in [0.05, 0.1) is 6.04 Å². The molecule has 0 amide bonds. The van der Waals surface area contributed by atoms with E-state index in [0.29, 0.717) is 6.42 Å². The summed E-state index contributed by atoms with van der Waals surface area (Å²) >= 11 is 0. The minimum atomic E-state index is -0.315. The topological polar surface area (TPSA) is 43.1 Å². The van der Waals surface area contributed by atoms with Crippen LogP contribution in [0.15, 0.2) is 12.7 Å². The SMILES string of the molecule is C=CCCC(=O)C(C)N. The van der Waals surface area contributed by atoms with E-state index in [0.717, 1.165) is 6.42 Å². The summed E-state index contributed by atoms with van der Waals surface area (Å²) in [6.45, 7) is 5.20. The van der Waals surface area contributed by atoms with Crippen LogP contribution in [0.5, 0.6) is 0 Å². The molecule has 52 valence electrons. The van der Waals surface area contributed by atoms with Crippen molar-refractivity contribution in [3.8, 4) is 0 Å². The summed E-state index contributed by atoms with van der Waals surface area (Å²) in [6, 6.07) is -0.315. The van der Waals surface area contributed by atoms with Crippen molar-refractivity contribution >= 4 is 5.78 Å². The molecule has 0 aromatic heterocycles. The molecule has 0 aromatic rings. The Hall–Kier alpha value is -0.630. The largest absolute Gasteiger partial charge is 0.322 e. The van der Waals surface area contributed by atoms with Gasteiger partial charge in [0.1, 0.15) is 5.78 Å². The van der Waals surface area contributed by atoms with Crippen molar-refractivity contribution < 1.29 is 4.79 Å². The number of hydrogen-bond donors (Lipinski definition) is 1. The van der Waals surface area contributed by atoms with Gasteiger partial charge in [-0.15, -0.1) is 6.58 Å². The summed E-state index contributed by atoms with van der Waals surface area (Å²) in [6.07, 6.45) is 2.99. The highest BCUT2D eigenvalue weighted by atomic mass is 16.1. The van der Waals surface area contributed by atoms with Crippen molar-refractivity contribution in [2.75, 3.05) is 0 Å². The Bertz CT molecular complexity index is 107. The molecule has 0 bridgehead atoms. The third kappa shape index (κ3) is 3.91. The maximum Gasteiger partial charge on any atom is 0.149 e. The Kier molecular flexibility index (Phi) is 3.97. The first-order valence-corrected chi connectivity index (χ1v) is 3.07. The molecule has 0 spiro atoms. The molecule has 0 fully saturated rings. The van der Waals surface area contributed by atoms with E-state index in [1.807, 2.05) is 0 Å². The first kappa shape index (κ1) is 8.37. The third-order valence-corrected chi connectivity index (χ3v) is 1.10. The normalized spacial score (nSPS) is 12.7. The minimum Gasteiger partial charge on any atom is -0.322 e. The van der Waals surface area contributed by atoms with Crippen molar-refractivity contribution in [1.82, 2.24) is 0 Å². The number of carbonyl (C=O) groups excluding carboxylic acids is 1. The molecule has 9 heavy (non-hydrogen) atoms. The zero-order valence-electron chi connectivity index (χ0n) is 5.76. The lowest BCUT2D eigenvalue weighted by molar-refractivity contribution is -0.119. The van der Waals surface area contributed by atoms with Crippen molar-refractivity contribution in [3.05, 3.63) is 12.7 Å². The Morgan fingerprint density at radius 3 is 2.78 bits per heavy atom. The first-order valence-electron chi connectivity index (χ1n) is 3.07. The van der Waals surface area contributed by atoms with Gasteiger partial charge in [-0.1, -0.05) is 6.08 Å². The van der Waals surface area contributed by atoms with Crippen molar-refractivity contribution in [3.63, 3.8) is 0 Å². The van der Waals surface area contributed by atoms with Crippen LogP contribution in [0.4, 0.5) is 0 Å². The van der Waals surface area contributed by atoms with Crippen molar-refractivity contribution in [1.29, 1.82) is 0 Å². The maximum absolute atomic E-state index is 10.7. The second kappa shape index (κ2) is 4.27. The zero-order valence-corrected chi connectivity index (χ0v) is 5.76. The van der Waals surface area contributed by atoms with Gasteiger partial charge in [0.2, 0.25) is 0 Å². The molecule has 0 radical (unpaired) electrons. The molecule has 1 unspecified atom stereocenters. The lowest BCUT2D eigenvalue weighted by Gasteiger charge is -1.99. The molecule has 0 heterocycles. The summed E-state index contributed by atoms with van der Waals surface area (Å²) in [5, 5.41) is 0. The van der Waals surface area contributed by atoms with Crippen LogP contribution in [-0.2, 0) is 4.79 Å². The molecule has 0 aliphatic heterocycles. The summed E-state index contributed by atoms with van der Waals surface area (Å²) in [5.74, 6) is 0.106. The molecule has 0 saturated heterocycles. The molecule has 2 N–H and O–H groups in total. The fourth-order valence-electron chi connectivity index (χ4n) is 0.472. The summed E-state index contributed by atoms with van der Waals surface area (Å²) in [7, 11) is 0. The van der Waals surface area contributed by atoms with Crippen molar-refractivity contribution in [2.45, 2.75) is 25.8 Å². The van der Waals surface area contributed by atoms with E-state index in [9.17, 15) is 4.79 Å². The van der Waals surface area contributed by atoms with Crippen LogP contribution in [0, 0.1) is 0 Å². The van der Waals surface area contributed by atoms with E-state index < -0.39 is 0 Å². The fourth-order valence-corrected chi connectivity index (χ4v) is 0.472. The van der Waals surface area contributed by atoms with Crippen LogP contribution in [0.2, 0.25) is 0 Å². The monoisotopic (exact) mass is 127 g/mol. The molecule has 2 heteroatoms. The number of rotatable bonds is 4. The van der Waals surface area contributed by atoms with Crippen LogP contribution in [0.3, 0.4) is 0 Å². The Balaban J connectivity index is 3.38. The Morgan fingerprint density at radius 1 is 1.89 bits per heavy atom. The van der Waals surface area contributed by atoms with Crippen molar-refractivity contribution in [2.24, 2.45) is 5.73 Å². The van der Waals surface area contributed by atoms with Crippen LogP contribution in [0.25, 0.3) is 0 Å². The molecule has 0 aliphatic carbocycles. The average molecular weight is 127 g/mol. The van der Waals surface area contributed by atoms with E-state index in [1.165, 1.54) is 0 Å². The molecule has 0 rings (SSSR count). The van der Waals surface area contributed by atoms with E-state index in [-0.39, 0.29) is 11.8 Å². The lowest BCUT2D eigenvalue weighted by atomic mass is 10.1. The molecule has 0 aromatic carbocycles. The fraction of sp³-hybridized carbons (Fsp3) is 0.571. The van der Waals surface area contributed by atoms with E-state index in [2.05, 4.69) is 6.58 Å². The van der Waals surface area contributed by atoms with E-state index >= 15 is 0 Å². The summed E-state index contributed by atoms with van der Waals surface area (Å²) < 4.78 is 0. The zero-order chi connectivity index (χ0) is 7.28. The molecular formula is C7H13NO.